The van der Waals surface area contributed by atoms with E-state index in [4.69, 9.17) is 9.47 Å². The summed E-state index contributed by atoms with van der Waals surface area (Å²) in [5.74, 6) is 0.689. The van der Waals surface area contributed by atoms with Gasteiger partial charge in [0.2, 0.25) is 0 Å². The van der Waals surface area contributed by atoms with E-state index in [0.717, 1.165) is 12.8 Å². The van der Waals surface area contributed by atoms with Gasteiger partial charge in [0.25, 0.3) is 0 Å². The maximum absolute atomic E-state index is 11.3. The summed E-state index contributed by atoms with van der Waals surface area (Å²) in [5, 5.41) is 0. The molecule has 3 rings (SSSR count). The van der Waals surface area contributed by atoms with E-state index in [1.54, 1.807) is 0 Å². The Labute approximate surface area is 71.0 Å². The summed E-state index contributed by atoms with van der Waals surface area (Å²) in [7, 11) is 0. The number of ketones is 1. The molecule has 1 spiro atoms. The molecule has 3 nitrogen and oxygen atoms in total. The number of hydrogen-bond donors (Lipinski definition) is 0. The smallest absolute Gasteiger partial charge is 0.172 e. The summed E-state index contributed by atoms with van der Waals surface area (Å²) in [5.41, 5.74) is 0. The Bertz CT molecular complexity index is 230. The Morgan fingerprint density at radius 3 is 2.58 bits per heavy atom. The van der Waals surface area contributed by atoms with Crippen LogP contribution in [-0.2, 0) is 14.3 Å². The van der Waals surface area contributed by atoms with E-state index in [1.165, 1.54) is 0 Å². The van der Waals surface area contributed by atoms with Gasteiger partial charge in [0.15, 0.2) is 5.79 Å². The van der Waals surface area contributed by atoms with Gasteiger partial charge >= 0.3 is 0 Å². The quantitative estimate of drug-likeness (QED) is 0.535. The largest absolute Gasteiger partial charge is 0.347 e. The number of fused-ring (bicyclic) bond motifs is 3. The molecule has 3 fully saturated rings. The molecule has 1 heterocycles. The molecule has 0 aromatic heterocycles. The molecule has 1 saturated heterocycles. The molecule has 12 heavy (non-hydrogen) atoms. The summed E-state index contributed by atoms with van der Waals surface area (Å²) in [6.45, 7) is 1.41. The molecule has 0 N–H and O–H groups in total. The van der Waals surface area contributed by atoms with Crippen LogP contribution in [0, 0.1) is 11.8 Å². The van der Waals surface area contributed by atoms with Crippen LogP contribution in [-0.4, -0.2) is 24.8 Å². The number of hydrogen-bond acceptors (Lipinski definition) is 3. The van der Waals surface area contributed by atoms with E-state index in [-0.39, 0.29) is 11.7 Å². The topological polar surface area (TPSA) is 35.5 Å². The van der Waals surface area contributed by atoms with Crippen molar-refractivity contribution in [1.29, 1.82) is 0 Å². The Hall–Kier alpha value is -0.410. The second kappa shape index (κ2) is 2.09. The minimum absolute atomic E-state index is 0.244. The summed E-state index contributed by atoms with van der Waals surface area (Å²) >= 11 is 0. The van der Waals surface area contributed by atoms with E-state index in [1.807, 2.05) is 0 Å². The van der Waals surface area contributed by atoms with Crippen molar-refractivity contribution in [1.82, 2.24) is 0 Å². The zero-order valence-corrected chi connectivity index (χ0v) is 6.91. The summed E-state index contributed by atoms with van der Waals surface area (Å²) in [6, 6.07) is 0. The molecule has 66 valence electrons. The first kappa shape index (κ1) is 7.04. The van der Waals surface area contributed by atoms with Crippen LogP contribution in [0.5, 0.6) is 0 Å². The van der Waals surface area contributed by atoms with Gasteiger partial charge in [-0.25, -0.2) is 0 Å². The van der Waals surface area contributed by atoms with Gasteiger partial charge in [-0.3, -0.25) is 4.79 Å². The van der Waals surface area contributed by atoms with Crippen LogP contribution in [0.15, 0.2) is 0 Å². The Kier molecular flexibility index (Phi) is 1.23. The highest BCUT2D eigenvalue weighted by Crippen LogP contribution is 2.52. The van der Waals surface area contributed by atoms with Gasteiger partial charge in [0, 0.05) is 24.7 Å². The third kappa shape index (κ3) is 0.709. The first-order chi connectivity index (χ1) is 5.80. The van der Waals surface area contributed by atoms with Crippen LogP contribution < -0.4 is 0 Å². The highest BCUT2D eigenvalue weighted by Gasteiger charge is 2.58. The normalized spacial score (nSPS) is 43.2. The van der Waals surface area contributed by atoms with Gasteiger partial charge in [-0.2, -0.15) is 0 Å². The lowest BCUT2D eigenvalue weighted by Gasteiger charge is -2.30. The van der Waals surface area contributed by atoms with Crippen molar-refractivity contribution in [2.75, 3.05) is 13.2 Å². The maximum atomic E-state index is 11.3. The minimum atomic E-state index is -0.335. The predicted octanol–water partition coefficient (Wildman–Crippen LogP) is 0.728. The monoisotopic (exact) mass is 168 g/mol. The van der Waals surface area contributed by atoms with Gasteiger partial charge in [-0.05, 0) is 6.42 Å². The van der Waals surface area contributed by atoms with Crippen LogP contribution in [0.2, 0.25) is 0 Å². The van der Waals surface area contributed by atoms with Gasteiger partial charge in [-0.15, -0.1) is 0 Å². The second-order valence-electron chi connectivity index (χ2n) is 4.01. The average molecular weight is 168 g/mol. The minimum Gasteiger partial charge on any atom is -0.347 e. The fourth-order valence-corrected chi connectivity index (χ4v) is 2.83. The molecule has 3 heteroatoms. The molecule has 0 radical (unpaired) electrons. The van der Waals surface area contributed by atoms with E-state index in [2.05, 4.69) is 0 Å². The number of Topliss-reactive ketones (excluding diaryl/α,β-unsaturated/α-hetero) is 1. The highest BCUT2D eigenvalue weighted by atomic mass is 16.7. The van der Waals surface area contributed by atoms with Crippen molar-refractivity contribution in [3.8, 4) is 0 Å². The lowest BCUT2D eigenvalue weighted by molar-refractivity contribution is -0.191. The Morgan fingerprint density at radius 2 is 2.08 bits per heavy atom. The van der Waals surface area contributed by atoms with E-state index < -0.39 is 0 Å². The number of carbonyl (C=O) groups excluding carboxylic acids is 1. The zero-order chi connectivity index (χ0) is 8.18. The van der Waals surface area contributed by atoms with Crippen molar-refractivity contribution < 1.29 is 14.3 Å². The molecule has 2 bridgehead atoms. The average Bonchev–Trinajstić information content (AvgIpc) is 2.68. The maximum Gasteiger partial charge on any atom is 0.172 e. The lowest BCUT2D eigenvalue weighted by Crippen LogP contribution is -2.38. The van der Waals surface area contributed by atoms with Crippen LogP contribution in [0.3, 0.4) is 0 Å². The van der Waals surface area contributed by atoms with Crippen LogP contribution in [0.4, 0.5) is 0 Å². The molecule has 0 aromatic rings. The van der Waals surface area contributed by atoms with E-state index >= 15 is 0 Å². The first-order valence-corrected chi connectivity index (χ1v) is 4.61. The molecule has 2 aliphatic carbocycles. The molecule has 3 aliphatic rings. The molecule has 0 amide bonds. The summed E-state index contributed by atoms with van der Waals surface area (Å²) < 4.78 is 11.2. The third-order valence-electron chi connectivity index (χ3n) is 3.40. The van der Waals surface area contributed by atoms with Crippen LogP contribution in [0.1, 0.15) is 19.3 Å². The zero-order valence-electron chi connectivity index (χ0n) is 6.91. The lowest BCUT2D eigenvalue weighted by atomic mass is 9.93. The highest BCUT2D eigenvalue weighted by molar-refractivity contribution is 5.84. The van der Waals surface area contributed by atoms with Gasteiger partial charge in [-0.1, -0.05) is 0 Å². The Balaban J connectivity index is 1.89. The molecule has 0 aromatic carbocycles. The molecule has 0 unspecified atom stereocenters. The molecule has 2 saturated carbocycles. The number of rotatable bonds is 0. The van der Waals surface area contributed by atoms with Gasteiger partial charge in [0.1, 0.15) is 5.78 Å². The predicted molar refractivity (Wildman–Crippen MR) is 40.5 cm³/mol. The number of carbonyl (C=O) groups is 1. The summed E-state index contributed by atoms with van der Waals surface area (Å²) in [4.78, 5) is 11.3. The van der Waals surface area contributed by atoms with Crippen molar-refractivity contribution in [3.05, 3.63) is 0 Å². The third-order valence-corrected chi connectivity index (χ3v) is 3.40. The molecular weight excluding hydrogens is 156 g/mol. The molecular formula is C9H12O3. The molecule has 1 aliphatic heterocycles. The van der Waals surface area contributed by atoms with Crippen LogP contribution in [0.25, 0.3) is 0 Å². The van der Waals surface area contributed by atoms with E-state index in [9.17, 15) is 4.79 Å². The van der Waals surface area contributed by atoms with Crippen LogP contribution >= 0.6 is 0 Å². The fraction of sp³-hybridized carbons (Fsp3) is 0.889. The van der Waals surface area contributed by atoms with Gasteiger partial charge < -0.3 is 9.47 Å². The Morgan fingerprint density at radius 1 is 1.33 bits per heavy atom. The van der Waals surface area contributed by atoms with Crippen molar-refractivity contribution in [2.24, 2.45) is 11.8 Å². The molecule has 2 atom stereocenters. The first-order valence-electron chi connectivity index (χ1n) is 4.61. The second-order valence-corrected chi connectivity index (χ2v) is 4.01. The van der Waals surface area contributed by atoms with Gasteiger partial charge in [0.05, 0.1) is 13.2 Å². The fourth-order valence-electron chi connectivity index (χ4n) is 2.83. The SMILES string of the molecule is O=C1C[C@@H]2C[C@H]1CC21OCCO1. The van der Waals surface area contributed by atoms with Crippen molar-refractivity contribution in [2.45, 2.75) is 25.0 Å². The summed E-state index contributed by atoms with van der Waals surface area (Å²) in [6.07, 6.45) is 2.50. The van der Waals surface area contributed by atoms with E-state index in [0.29, 0.717) is 31.3 Å². The number of ether oxygens (including phenoxy) is 2. The standard InChI is InChI=1S/C9H12O3/c10-8-4-7-3-6(8)5-9(7)11-1-2-12-9/h6-7H,1-5H2/t6-,7-/m0/s1. The van der Waals surface area contributed by atoms with Crippen molar-refractivity contribution >= 4 is 5.78 Å². The van der Waals surface area contributed by atoms with Crippen molar-refractivity contribution in [3.63, 3.8) is 0 Å².